The van der Waals surface area contributed by atoms with Crippen LogP contribution < -0.4 is 5.32 Å². The van der Waals surface area contributed by atoms with Gasteiger partial charge in [0.1, 0.15) is 0 Å². The predicted octanol–water partition coefficient (Wildman–Crippen LogP) is 2.33. The highest BCUT2D eigenvalue weighted by atomic mass is 16.5. The Bertz CT molecular complexity index is 188. The summed E-state index contributed by atoms with van der Waals surface area (Å²) in [5, 5.41) is 3.51. The summed E-state index contributed by atoms with van der Waals surface area (Å²) in [6, 6.07) is 0.548. The van der Waals surface area contributed by atoms with Crippen LogP contribution in [0.4, 0.5) is 0 Å². The second-order valence-electron chi connectivity index (χ2n) is 5.26. The molecule has 2 unspecified atom stereocenters. The maximum absolute atomic E-state index is 5.63. The van der Waals surface area contributed by atoms with Gasteiger partial charge in [-0.15, -0.1) is 0 Å². The van der Waals surface area contributed by atoms with Crippen molar-refractivity contribution in [1.82, 2.24) is 5.32 Å². The van der Waals surface area contributed by atoms with E-state index < -0.39 is 0 Å². The number of methoxy groups -OCH3 is 1. The number of nitrogens with one attached hydrogen (secondary N) is 1. The Labute approximate surface area is 119 Å². The molecule has 0 fully saturated rings. The molecular weight excluding hydrogens is 242 g/mol. The van der Waals surface area contributed by atoms with Crippen LogP contribution in [0.25, 0.3) is 0 Å². The van der Waals surface area contributed by atoms with Crippen molar-refractivity contribution in [2.45, 2.75) is 40.2 Å². The van der Waals surface area contributed by atoms with Crippen LogP contribution in [-0.2, 0) is 14.2 Å². The van der Waals surface area contributed by atoms with Crippen molar-refractivity contribution >= 4 is 0 Å². The summed E-state index contributed by atoms with van der Waals surface area (Å²) in [4.78, 5) is 0. The second-order valence-corrected chi connectivity index (χ2v) is 5.26. The number of rotatable bonds is 13. The van der Waals surface area contributed by atoms with E-state index in [0.29, 0.717) is 44.3 Å². The van der Waals surface area contributed by atoms with Gasteiger partial charge in [-0.2, -0.15) is 0 Å². The summed E-state index contributed by atoms with van der Waals surface area (Å²) < 4.78 is 15.9. The summed E-state index contributed by atoms with van der Waals surface area (Å²) in [6.45, 7) is 13.4. The molecule has 0 saturated carbocycles. The van der Waals surface area contributed by atoms with E-state index in [1.165, 1.54) is 0 Å². The Kier molecular flexibility index (Phi) is 12.7. The van der Waals surface area contributed by atoms with Crippen LogP contribution in [0.5, 0.6) is 0 Å². The van der Waals surface area contributed by atoms with E-state index in [4.69, 9.17) is 14.2 Å². The number of hydrogen-bond acceptors (Lipinski definition) is 4. The van der Waals surface area contributed by atoms with E-state index >= 15 is 0 Å². The third-order valence-electron chi connectivity index (χ3n) is 3.42. The molecule has 0 aromatic heterocycles. The molecule has 0 radical (unpaired) electrons. The second kappa shape index (κ2) is 12.9. The van der Waals surface area contributed by atoms with Gasteiger partial charge in [0.05, 0.1) is 26.4 Å². The fraction of sp³-hybridized carbons (Fsp3) is 1.00. The zero-order valence-corrected chi connectivity index (χ0v) is 13.4. The molecule has 0 aromatic carbocycles. The maximum Gasteiger partial charge on any atom is 0.0701 e. The van der Waals surface area contributed by atoms with Gasteiger partial charge in [-0.3, -0.25) is 0 Å². The van der Waals surface area contributed by atoms with Crippen molar-refractivity contribution in [2.75, 3.05) is 46.7 Å². The van der Waals surface area contributed by atoms with Gasteiger partial charge in [-0.1, -0.05) is 20.8 Å². The Morgan fingerprint density at radius 3 is 2.00 bits per heavy atom. The number of hydrogen-bond donors (Lipinski definition) is 1. The molecule has 0 spiro atoms. The summed E-state index contributed by atoms with van der Waals surface area (Å²) in [5.74, 6) is 1.34. The van der Waals surface area contributed by atoms with E-state index in [-0.39, 0.29) is 0 Å². The molecule has 4 heteroatoms. The zero-order valence-electron chi connectivity index (χ0n) is 13.4. The van der Waals surface area contributed by atoms with Crippen LogP contribution in [-0.4, -0.2) is 52.7 Å². The van der Waals surface area contributed by atoms with E-state index in [1.54, 1.807) is 7.11 Å². The first kappa shape index (κ1) is 18.8. The summed E-state index contributed by atoms with van der Waals surface area (Å²) in [5.41, 5.74) is 0. The SMILES string of the molecule is CCNC(C)C(CCOCCOCCOC)C(C)C. The average molecular weight is 275 g/mol. The molecule has 0 aliphatic rings. The predicted molar refractivity (Wildman–Crippen MR) is 79.6 cm³/mol. The van der Waals surface area contributed by atoms with Gasteiger partial charge in [-0.05, 0) is 31.7 Å². The lowest BCUT2D eigenvalue weighted by atomic mass is 9.86. The van der Waals surface area contributed by atoms with Crippen molar-refractivity contribution in [1.29, 1.82) is 0 Å². The van der Waals surface area contributed by atoms with Gasteiger partial charge < -0.3 is 19.5 Å². The van der Waals surface area contributed by atoms with E-state index in [2.05, 4.69) is 33.0 Å². The lowest BCUT2D eigenvalue weighted by Gasteiger charge is -2.28. The molecule has 19 heavy (non-hydrogen) atoms. The Morgan fingerprint density at radius 2 is 1.47 bits per heavy atom. The minimum atomic E-state index is 0.548. The molecule has 0 aliphatic carbocycles. The molecule has 0 saturated heterocycles. The van der Waals surface area contributed by atoms with Gasteiger partial charge in [0.2, 0.25) is 0 Å². The lowest BCUT2D eigenvalue weighted by molar-refractivity contribution is 0.0195. The largest absolute Gasteiger partial charge is 0.382 e. The van der Waals surface area contributed by atoms with E-state index in [0.717, 1.165) is 19.6 Å². The first-order valence-electron chi connectivity index (χ1n) is 7.51. The Morgan fingerprint density at radius 1 is 0.895 bits per heavy atom. The smallest absolute Gasteiger partial charge is 0.0701 e. The first-order chi connectivity index (χ1) is 9.13. The molecule has 2 atom stereocenters. The molecule has 0 bridgehead atoms. The standard InChI is InChI=1S/C15H33NO3/c1-6-16-14(4)15(13(2)3)7-8-18-11-12-19-10-9-17-5/h13-16H,6-12H2,1-5H3. The monoisotopic (exact) mass is 275 g/mol. The third kappa shape index (κ3) is 10.3. The lowest BCUT2D eigenvalue weighted by Crippen LogP contribution is -2.36. The van der Waals surface area contributed by atoms with Gasteiger partial charge in [-0.25, -0.2) is 0 Å². The van der Waals surface area contributed by atoms with Gasteiger partial charge in [0, 0.05) is 19.8 Å². The zero-order chi connectivity index (χ0) is 14.5. The molecule has 0 amide bonds. The Balaban J connectivity index is 3.59. The highest BCUT2D eigenvalue weighted by Gasteiger charge is 2.19. The number of ether oxygens (including phenoxy) is 3. The van der Waals surface area contributed by atoms with Crippen molar-refractivity contribution in [3.05, 3.63) is 0 Å². The summed E-state index contributed by atoms with van der Waals surface area (Å²) in [7, 11) is 1.68. The van der Waals surface area contributed by atoms with Crippen molar-refractivity contribution in [3.63, 3.8) is 0 Å². The van der Waals surface area contributed by atoms with Crippen molar-refractivity contribution in [2.24, 2.45) is 11.8 Å². The average Bonchev–Trinajstić information content (AvgIpc) is 2.36. The van der Waals surface area contributed by atoms with Gasteiger partial charge >= 0.3 is 0 Å². The maximum atomic E-state index is 5.63. The minimum Gasteiger partial charge on any atom is -0.382 e. The fourth-order valence-electron chi connectivity index (χ4n) is 2.32. The highest BCUT2D eigenvalue weighted by molar-refractivity contribution is 4.74. The molecule has 1 N–H and O–H groups in total. The topological polar surface area (TPSA) is 39.7 Å². The van der Waals surface area contributed by atoms with E-state index in [1.807, 2.05) is 0 Å². The third-order valence-corrected chi connectivity index (χ3v) is 3.42. The van der Waals surface area contributed by atoms with Gasteiger partial charge in [0.15, 0.2) is 0 Å². The van der Waals surface area contributed by atoms with Crippen LogP contribution in [0, 0.1) is 11.8 Å². The quantitative estimate of drug-likeness (QED) is 0.524. The minimum absolute atomic E-state index is 0.548. The summed E-state index contributed by atoms with van der Waals surface area (Å²) in [6.07, 6.45) is 1.10. The molecular formula is C15H33NO3. The first-order valence-corrected chi connectivity index (χ1v) is 7.51. The van der Waals surface area contributed by atoms with E-state index in [9.17, 15) is 0 Å². The molecule has 116 valence electrons. The molecule has 0 aliphatic heterocycles. The molecule has 0 aromatic rings. The fourth-order valence-corrected chi connectivity index (χ4v) is 2.32. The normalized spacial score (nSPS) is 14.8. The molecule has 0 rings (SSSR count). The van der Waals surface area contributed by atoms with Crippen LogP contribution in [0.1, 0.15) is 34.1 Å². The van der Waals surface area contributed by atoms with Crippen LogP contribution in [0.3, 0.4) is 0 Å². The Hall–Kier alpha value is -0.160. The van der Waals surface area contributed by atoms with Crippen LogP contribution >= 0.6 is 0 Å². The van der Waals surface area contributed by atoms with Crippen molar-refractivity contribution < 1.29 is 14.2 Å². The van der Waals surface area contributed by atoms with Gasteiger partial charge in [0.25, 0.3) is 0 Å². The van der Waals surface area contributed by atoms with Crippen LogP contribution in [0.2, 0.25) is 0 Å². The summed E-state index contributed by atoms with van der Waals surface area (Å²) >= 11 is 0. The van der Waals surface area contributed by atoms with Crippen LogP contribution in [0.15, 0.2) is 0 Å². The highest BCUT2D eigenvalue weighted by Crippen LogP contribution is 2.19. The molecule has 4 nitrogen and oxygen atoms in total. The molecule has 0 heterocycles. The van der Waals surface area contributed by atoms with Crippen molar-refractivity contribution in [3.8, 4) is 0 Å².